The summed E-state index contributed by atoms with van der Waals surface area (Å²) in [7, 11) is 4.13. The van der Waals surface area contributed by atoms with Crippen LogP contribution < -0.4 is 5.32 Å². The van der Waals surface area contributed by atoms with Gasteiger partial charge in [0.15, 0.2) is 0 Å². The Bertz CT molecular complexity index is 323. The molecule has 102 valence electrons. The van der Waals surface area contributed by atoms with Gasteiger partial charge in [0.05, 0.1) is 0 Å². The fraction of sp³-hybridized carbons (Fsp3) is 0.571. The molecule has 1 aromatic rings. The van der Waals surface area contributed by atoms with Gasteiger partial charge in [0, 0.05) is 12.1 Å². The molecule has 0 saturated heterocycles. The molecule has 1 N–H and O–H groups in total. The number of hydrogen-bond acceptors (Lipinski definition) is 2. The average Bonchev–Trinajstić information content (AvgIpc) is 2.34. The van der Waals surface area contributed by atoms with Gasteiger partial charge < -0.3 is 10.2 Å². The summed E-state index contributed by atoms with van der Waals surface area (Å²) in [6.45, 7) is 2.81. The molecule has 0 saturated carbocycles. The average molecular weight is 256 g/mol. The summed E-state index contributed by atoms with van der Waals surface area (Å²) in [6.07, 6.45) is -0.0736. The van der Waals surface area contributed by atoms with Crippen LogP contribution in [-0.4, -0.2) is 32.1 Å². The first-order chi connectivity index (χ1) is 8.59. The molecule has 1 rings (SSSR count). The number of nitrogens with zero attached hydrogens (tertiary/aromatic N) is 1. The van der Waals surface area contributed by atoms with Crippen LogP contribution in [0.15, 0.2) is 24.3 Å². The lowest BCUT2D eigenvalue weighted by molar-refractivity contribution is 0.151. The Labute approximate surface area is 108 Å². The maximum atomic E-state index is 12.3. The topological polar surface area (TPSA) is 15.3 Å². The Balaban J connectivity index is 2.15. The van der Waals surface area contributed by atoms with Crippen LogP contribution in [0.2, 0.25) is 0 Å². The molecule has 4 heteroatoms. The Morgan fingerprint density at radius 2 is 1.78 bits per heavy atom. The highest BCUT2D eigenvalue weighted by Crippen LogP contribution is 2.18. The van der Waals surface area contributed by atoms with Gasteiger partial charge in [0.2, 0.25) is 0 Å². The molecule has 1 aromatic carbocycles. The Kier molecular flexibility index (Phi) is 6.83. The normalized spacial score (nSPS) is 11.4. The fourth-order valence-electron chi connectivity index (χ4n) is 1.69. The van der Waals surface area contributed by atoms with E-state index in [1.165, 1.54) is 18.6 Å². The SMILES string of the molecule is CN(C)CCCCNCc1ccc(C(F)F)cc1. The number of benzene rings is 1. The van der Waals surface area contributed by atoms with Crippen molar-refractivity contribution in [2.45, 2.75) is 25.8 Å². The van der Waals surface area contributed by atoms with E-state index in [-0.39, 0.29) is 5.56 Å². The second-order valence-corrected chi connectivity index (χ2v) is 4.73. The Morgan fingerprint density at radius 1 is 1.11 bits per heavy atom. The summed E-state index contributed by atoms with van der Waals surface area (Å²) >= 11 is 0. The van der Waals surface area contributed by atoms with Crippen molar-refractivity contribution in [1.82, 2.24) is 10.2 Å². The van der Waals surface area contributed by atoms with E-state index in [0.717, 1.165) is 31.6 Å². The quantitative estimate of drug-likeness (QED) is 0.719. The predicted molar refractivity (Wildman–Crippen MR) is 70.9 cm³/mol. The number of hydrogen-bond donors (Lipinski definition) is 1. The van der Waals surface area contributed by atoms with E-state index < -0.39 is 6.43 Å². The van der Waals surface area contributed by atoms with Gasteiger partial charge >= 0.3 is 0 Å². The summed E-state index contributed by atoms with van der Waals surface area (Å²) in [4.78, 5) is 2.17. The maximum Gasteiger partial charge on any atom is 0.263 e. The lowest BCUT2D eigenvalue weighted by Crippen LogP contribution is -2.18. The summed E-state index contributed by atoms with van der Waals surface area (Å²) in [6, 6.07) is 6.50. The molecule has 0 unspecified atom stereocenters. The molecular weight excluding hydrogens is 234 g/mol. The molecule has 0 aliphatic rings. The molecule has 0 aliphatic heterocycles. The van der Waals surface area contributed by atoms with E-state index >= 15 is 0 Å². The molecule has 0 bridgehead atoms. The maximum absolute atomic E-state index is 12.3. The Hall–Kier alpha value is -1.00. The predicted octanol–water partition coefficient (Wildman–Crippen LogP) is 3.06. The second-order valence-electron chi connectivity index (χ2n) is 4.73. The van der Waals surface area contributed by atoms with E-state index in [9.17, 15) is 8.78 Å². The molecule has 18 heavy (non-hydrogen) atoms. The van der Waals surface area contributed by atoms with Gasteiger partial charge in [-0.15, -0.1) is 0 Å². The molecule has 2 nitrogen and oxygen atoms in total. The minimum Gasteiger partial charge on any atom is -0.313 e. The number of halogens is 2. The number of nitrogens with one attached hydrogen (secondary N) is 1. The second kappa shape index (κ2) is 8.16. The van der Waals surface area contributed by atoms with E-state index in [2.05, 4.69) is 24.3 Å². The third-order valence-corrected chi connectivity index (χ3v) is 2.77. The van der Waals surface area contributed by atoms with Crippen LogP contribution in [0.5, 0.6) is 0 Å². The van der Waals surface area contributed by atoms with Gasteiger partial charge in [0.1, 0.15) is 0 Å². The zero-order valence-electron chi connectivity index (χ0n) is 11.1. The standard InChI is InChI=1S/C14H22F2N2/c1-18(2)10-4-3-9-17-11-12-5-7-13(8-6-12)14(15)16/h5-8,14,17H,3-4,9-11H2,1-2H3. The van der Waals surface area contributed by atoms with Gasteiger partial charge in [-0.2, -0.15) is 0 Å². The zero-order valence-corrected chi connectivity index (χ0v) is 11.1. The highest BCUT2D eigenvalue weighted by Gasteiger charge is 2.05. The molecule has 0 atom stereocenters. The molecule has 0 heterocycles. The van der Waals surface area contributed by atoms with Crippen molar-refractivity contribution in [3.8, 4) is 0 Å². The van der Waals surface area contributed by atoms with E-state index in [1.807, 2.05) is 0 Å². The zero-order chi connectivity index (χ0) is 13.4. The molecule has 0 fully saturated rings. The van der Waals surface area contributed by atoms with E-state index in [4.69, 9.17) is 0 Å². The fourth-order valence-corrected chi connectivity index (χ4v) is 1.69. The van der Waals surface area contributed by atoms with Crippen LogP contribution in [0.4, 0.5) is 8.78 Å². The molecule has 0 amide bonds. The van der Waals surface area contributed by atoms with Gasteiger partial charge in [-0.25, -0.2) is 8.78 Å². The van der Waals surface area contributed by atoms with Crippen molar-refractivity contribution in [2.24, 2.45) is 0 Å². The van der Waals surface area contributed by atoms with Crippen molar-refractivity contribution >= 4 is 0 Å². The molecule has 0 aromatic heterocycles. The van der Waals surface area contributed by atoms with Crippen LogP contribution >= 0.6 is 0 Å². The van der Waals surface area contributed by atoms with Crippen molar-refractivity contribution in [2.75, 3.05) is 27.2 Å². The monoisotopic (exact) mass is 256 g/mol. The first-order valence-electron chi connectivity index (χ1n) is 6.32. The molecule has 0 spiro atoms. The van der Waals surface area contributed by atoms with Gasteiger partial charge in [-0.1, -0.05) is 24.3 Å². The van der Waals surface area contributed by atoms with Gasteiger partial charge in [0.25, 0.3) is 6.43 Å². The lowest BCUT2D eigenvalue weighted by Gasteiger charge is -2.09. The first kappa shape index (κ1) is 15.1. The highest BCUT2D eigenvalue weighted by molar-refractivity contribution is 5.23. The van der Waals surface area contributed by atoms with Crippen LogP contribution in [0.25, 0.3) is 0 Å². The third kappa shape index (κ3) is 6.07. The first-order valence-corrected chi connectivity index (χ1v) is 6.32. The molecular formula is C14H22F2N2. The van der Waals surface area contributed by atoms with Crippen molar-refractivity contribution in [3.05, 3.63) is 35.4 Å². The number of unbranched alkanes of at least 4 members (excludes halogenated alkanes) is 1. The highest BCUT2D eigenvalue weighted by atomic mass is 19.3. The van der Waals surface area contributed by atoms with Crippen molar-refractivity contribution in [1.29, 1.82) is 0 Å². The van der Waals surface area contributed by atoms with Crippen molar-refractivity contribution in [3.63, 3.8) is 0 Å². The lowest BCUT2D eigenvalue weighted by atomic mass is 10.1. The molecule has 0 radical (unpaired) electrons. The van der Waals surface area contributed by atoms with Gasteiger partial charge in [-0.05, 0) is 45.6 Å². The van der Waals surface area contributed by atoms with Crippen LogP contribution in [0.3, 0.4) is 0 Å². The summed E-state index contributed by atoms with van der Waals surface area (Å²) in [5, 5.41) is 3.32. The van der Waals surface area contributed by atoms with E-state index in [0.29, 0.717) is 0 Å². The van der Waals surface area contributed by atoms with Crippen LogP contribution in [0, 0.1) is 0 Å². The minimum atomic E-state index is -2.38. The summed E-state index contributed by atoms with van der Waals surface area (Å²) in [5.41, 5.74) is 1.14. The largest absolute Gasteiger partial charge is 0.313 e. The van der Waals surface area contributed by atoms with Crippen molar-refractivity contribution < 1.29 is 8.78 Å². The third-order valence-electron chi connectivity index (χ3n) is 2.77. The summed E-state index contributed by atoms with van der Waals surface area (Å²) in [5.74, 6) is 0. The number of alkyl halides is 2. The smallest absolute Gasteiger partial charge is 0.263 e. The Morgan fingerprint density at radius 3 is 2.33 bits per heavy atom. The van der Waals surface area contributed by atoms with Crippen LogP contribution in [0.1, 0.15) is 30.4 Å². The van der Waals surface area contributed by atoms with Gasteiger partial charge in [-0.3, -0.25) is 0 Å². The number of rotatable bonds is 8. The van der Waals surface area contributed by atoms with E-state index in [1.54, 1.807) is 12.1 Å². The van der Waals surface area contributed by atoms with Crippen LogP contribution in [-0.2, 0) is 6.54 Å². The summed E-state index contributed by atoms with van der Waals surface area (Å²) < 4.78 is 24.7. The minimum absolute atomic E-state index is 0.0877. The molecule has 0 aliphatic carbocycles.